The lowest BCUT2D eigenvalue weighted by Crippen LogP contribution is -2.41. The maximum absolute atomic E-state index is 12.5. The number of benzene rings is 2. The van der Waals surface area contributed by atoms with E-state index >= 15 is 0 Å². The van der Waals surface area contributed by atoms with E-state index in [4.69, 9.17) is 0 Å². The fourth-order valence-electron chi connectivity index (χ4n) is 2.99. The molecule has 1 amide bonds. The van der Waals surface area contributed by atoms with E-state index in [9.17, 15) is 13.2 Å². The van der Waals surface area contributed by atoms with Crippen LogP contribution in [0.1, 0.15) is 36.1 Å². The first-order chi connectivity index (χ1) is 12.8. The third kappa shape index (κ3) is 5.57. The fourth-order valence-corrected chi connectivity index (χ4v) is 3.91. The van der Waals surface area contributed by atoms with E-state index in [1.807, 2.05) is 63.2 Å². The van der Waals surface area contributed by atoms with Crippen LogP contribution in [0.2, 0.25) is 0 Å². The number of amides is 1. The maximum Gasteiger partial charge on any atom is 0.241 e. The van der Waals surface area contributed by atoms with Crippen molar-refractivity contribution in [3.63, 3.8) is 0 Å². The molecule has 0 spiro atoms. The van der Waals surface area contributed by atoms with E-state index < -0.39 is 10.0 Å². The van der Waals surface area contributed by atoms with Crippen LogP contribution in [-0.2, 0) is 34.2 Å². The molecule has 146 valence electrons. The molecule has 0 bridgehead atoms. The molecule has 2 rings (SSSR count). The van der Waals surface area contributed by atoms with Gasteiger partial charge in [0, 0.05) is 6.54 Å². The standard InChI is InChI=1S/C21H28N2O3S/c1-5-18-8-7-9-19(6-2)21(18)23(27(4,25)26)15-20(24)22-14-17-12-10-16(3)11-13-17/h7-13H,5-6,14-15H2,1-4H3,(H,22,24). The molecule has 0 aromatic heterocycles. The molecule has 0 unspecified atom stereocenters. The third-order valence-electron chi connectivity index (χ3n) is 4.51. The number of nitrogens with zero attached hydrogens (tertiary/aromatic N) is 1. The molecule has 2 aromatic rings. The van der Waals surface area contributed by atoms with Crippen LogP contribution in [0.5, 0.6) is 0 Å². The van der Waals surface area contributed by atoms with Gasteiger partial charge in [0.2, 0.25) is 15.9 Å². The number of aryl methyl sites for hydroxylation is 3. The van der Waals surface area contributed by atoms with Crippen LogP contribution in [-0.4, -0.2) is 27.1 Å². The molecule has 0 aliphatic rings. The third-order valence-corrected chi connectivity index (χ3v) is 5.62. The van der Waals surface area contributed by atoms with Crippen molar-refractivity contribution in [3.05, 3.63) is 64.7 Å². The van der Waals surface area contributed by atoms with Crippen LogP contribution >= 0.6 is 0 Å². The highest BCUT2D eigenvalue weighted by molar-refractivity contribution is 7.92. The predicted molar refractivity (Wildman–Crippen MR) is 110 cm³/mol. The number of rotatable bonds is 8. The normalized spacial score (nSPS) is 11.3. The van der Waals surface area contributed by atoms with E-state index in [-0.39, 0.29) is 12.5 Å². The van der Waals surface area contributed by atoms with E-state index in [0.29, 0.717) is 25.1 Å². The Labute approximate surface area is 162 Å². The van der Waals surface area contributed by atoms with Crippen LogP contribution in [0.25, 0.3) is 0 Å². The van der Waals surface area contributed by atoms with Gasteiger partial charge in [0.05, 0.1) is 11.9 Å². The second-order valence-corrected chi connectivity index (χ2v) is 8.57. The molecule has 0 heterocycles. The number of para-hydroxylation sites is 1. The fraction of sp³-hybridized carbons (Fsp3) is 0.381. The van der Waals surface area contributed by atoms with Crippen LogP contribution in [0, 0.1) is 6.92 Å². The summed E-state index contributed by atoms with van der Waals surface area (Å²) >= 11 is 0. The van der Waals surface area contributed by atoms with Crippen LogP contribution in [0.4, 0.5) is 5.69 Å². The first-order valence-corrected chi connectivity index (χ1v) is 11.0. The second-order valence-electron chi connectivity index (χ2n) is 6.66. The average molecular weight is 389 g/mol. The quantitative estimate of drug-likeness (QED) is 0.755. The molecule has 0 saturated heterocycles. The monoisotopic (exact) mass is 388 g/mol. The minimum Gasteiger partial charge on any atom is -0.350 e. The van der Waals surface area contributed by atoms with E-state index in [2.05, 4.69) is 5.32 Å². The minimum atomic E-state index is -3.59. The number of nitrogens with one attached hydrogen (secondary N) is 1. The topological polar surface area (TPSA) is 66.5 Å². The first-order valence-electron chi connectivity index (χ1n) is 9.17. The second kappa shape index (κ2) is 9.04. The van der Waals surface area contributed by atoms with E-state index in [1.54, 1.807) is 0 Å². The molecule has 2 aromatic carbocycles. The average Bonchev–Trinajstić information content (AvgIpc) is 2.64. The van der Waals surface area contributed by atoms with Crippen molar-refractivity contribution in [3.8, 4) is 0 Å². The molecule has 0 atom stereocenters. The Kier molecular flexibility index (Phi) is 7.02. The van der Waals surface area contributed by atoms with Crippen molar-refractivity contribution in [1.82, 2.24) is 5.32 Å². The van der Waals surface area contributed by atoms with Gasteiger partial charge in [0.25, 0.3) is 0 Å². The van der Waals surface area contributed by atoms with Gasteiger partial charge in [-0.2, -0.15) is 0 Å². The van der Waals surface area contributed by atoms with Crippen molar-refractivity contribution in [1.29, 1.82) is 0 Å². The van der Waals surface area contributed by atoms with Gasteiger partial charge in [-0.25, -0.2) is 8.42 Å². The lowest BCUT2D eigenvalue weighted by atomic mass is 10.0. The summed E-state index contributed by atoms with van der Waals surface area (Å²) in [6.07, 6.45) is 2.53. The first kappa shape index (κ1) is 21.0. The number of hydrogen-bond donors (Lipinski definition) is 1. The zero-order valence-corrected chi connectivity index (χ0v) is 17.3. The molecule has 27 heavy (non-hydrogen) atoms. The number of carbonyl (C=O) groups excluding carboxylic acids is 1. The van der Waals surface area contributed by atoms with Crippen molar-refractivity contribution in [2.24, 2.45) is 0 Å². The smallest absolute Gasteiger partial charge is 0.241 e. The van der Waals surface area contributed by atoms with Gasteiger partial charge < -0.3 is 5.32 Å². The molecule has 0 fully saturated rings. The van der Waals surface area contributed by atoms with Gasteiger partial charge in [-0.05, 0) is 36.5 Å². The van der Waals surface area contributed by atoms with Gasteiger partial charge in [-0.15, -0.1) is 0 Å². The number of anilines is 1. The lowest BCUT2D eigenvalue weighted by Gasteiger charge is -2.26. The summed E-state index contributed by atoms with van der Waals surface area (Å²) in [6, 6.07) is 13.6. The van der Waals surface area contributed by atoms with Crippen LogP contribution in [0.3, 0.4) is 0 Å². The molecule has 0 saturated carbocycles. The van der Waals surface area contributed by atoms with Crippen molar-refractivity contribution >= 4 is 21.6 Å². The summed E-state index contributed by atoms with van der Waals surface area (Å²) in [5.74, 6) is -0.325. The number of sulfonamides is 1. The van der Waals surface area contributed by atoms with Gasteiger partial charge >= 0.3 is 0 Å². The zero-order valence-electron chi connectivity index (χ0n) is 16.5. The molecule has 0 aliphatic carbocycles. The van der Waals surface area contributed by atoms with Gasteiger partial charge in [0.1, 0.15) is 6.54 Å². The molecule has 5 nitrogen and oxygen atoms in total. The number of carbonyl (C=O) groups is 1. The van der Waals surface area contributed by atoms with Gasteiger partial charge in [0.15, 0.2) is 0 Å². The molecule has 0 aliphatic heterocycles. The highest BCUT2D eigenvalue weighted by Gasteiger charge is 2.24. The summed E-state index contributed by atoms with van der Waals surface area (Å²) in [5.41, 5.74) is 4.60. The highest BCUT2D eigenvalue weighted by atomic mass is 32.2. The Morgan fingerprint density at radius 2 is 1.56 bits per heavy atom. The van der Waals surface area contributed by atoms with Crippen molar-refractivity contribution < 1.29 is 13.2 Å². The molecular weight excluding hydrogens is 360 g/mol. The van der Waals surface area contributed by atoms with E-state index in [0.717, 1.165) is 28.5 Å². The van der Waals surface area contributed by atoms with Gasteiger partial charge in [-0.1, -0.05) is 61.9 Å². The summed E-state index contributed by atoms with van der Waals surface area (Å²) in [5, 5.41) is 2.82. The van der Waals surface area contributed by atoms with Crippen molar-refractivity contribution in [2.75, 3.05) is 17.1 Å². The molecule has 1 N–H and O–H groups in total. The Morgan fingerprint density at radius 3 is 2.04 bits per heavy atom. The Balaban J connectivity index is 2.23. The highest BCUT2D eigenvalue weighted by Crippen LogP contribution is 2.28. The Hall–Kier alpha value is -2.34. The Morgan fingerprint density at radius 1 is 1.00 bits per heavy atom. The maximum atomic E-state index is 12.5. The molecular formula is C21H28N2O3S. The predicted octanol–water partition coefficient (Wildman–Crippen LogP) is 3.20. The van der Waals surface area contributed by atoms with E-state index in [1.165, 1.54) is 4.31 Å². The van der Waals surface area contributed by atoms with Gasteiger partial charge in [-0.3, -0.25) is 9.10 Å². The molecule has 0 radical (unpaired) electrons. The van der Waals surface area contributed by atoms with Crippen molar-refractivity contribution in [2.45, 2.75) is 40.2 Å². The summed E-state index contributed by atoms with van der Waals surface area (Å²) in [4.78, 5) is 12.5. The summed E-state index contributed by atoms with van der Waals surface area (Å²) in [6.45, 7) is 6.11. The lowest BCUT2D eigenvalue weighted by molar-refractivity contribution is -0.119. The zero-order chi connectivity index (χ0) is 20.0. The Bertz CT molecular complexity index is 868. The van der Waals surface area contributed by atoms with Crippen LogP contribution < -0.4 is 9.62 Å². The summed E-state index contributed by atoms with van der Waals surface area (Å²) < 4.78 is 26.2. The SMILES string of the molecule is CCc1cccc(CC)c1N(CC(=O)NCc1ccc(C)cc1)S(C)(=O)=O. The largest absolute Gasteiger partial charge is 0.350 e. The van der Waals surface area contributed by atoms with Crippen LogP contribution in [0.15, 0.2) is 42.5 Å². The molecule has 6 heteroatoms. The number of hydrogen-bond acceptors (Lipinski definition) is 3. The summed E-state index contributed by atoms with van der Waals surface area (Å²) in [7, 11) is -3.59. The minimum absolute atomic E-state index is 0.227.